The lowest BCUT2D eigenvalue weighted by Gasteiger charge is -2.30. The van der Waals surface area contributed by atoms with Gasteiger partial charge in [-0.25, -0.2) is 8.42 Å². The van der Waals surface area contributed by atoms with Crippen molar-refractivity contribution in [3.05, 3.63) is 54.1 Å². The number of carbonyl (C=O) groups is 1. The number of sulfonamides is 1. The van der Waals surface area contributed by atoms with Gasteiger partial charge < -0.3 is 10.1 Å². The zero-order valence-electron chi connectivity index (χ0n) is 18.5. The number of benzene rings is 2. The van der Waals surface area contributed by atoms with Gasteiger partial charge in [0.2, 0.25) is 10.0 Å². The van der Waals surface area contributed by atoms with E-state index < -0.39 is 16.1 Å². The highest BCUT2D eigenvalue weighted by molar-refractivity contribution is 7.89. The zero-order chi connectivity index (χ0) is 22.4. The Morgan fingerprint density at radius 1 is 1.06 bits per heavy atom. The number of anilines is 1. The maximum atomic E-state index is 13.0. The summed E-state index contributed by atoms with van der Waals surface area (Å²) in [5.41, 5.74) is 1.66. The van der Waals surface area contributed by atoms with Crippen LogP contribution in [0.2, 0.25) is 0 Å². The lowest BCUT2D eigenvalue weighted by molar-refractivity contribution is -0.122. The third-order valence-electron chi connectivity index (χ3n) is 5.85. The smallest absolute Gasteiger partial charge is 0.265 e. The maximum absolute atomic E-state index is 13.0. The molecule has 1 unspecified atom stereocenters. The lowest BCUT2D eigenvalue weighted by Crippen LogP contribution is -2.38. The van der Waals surface area contributed by atoms with E-state index in [1.165, 1.54) is 10.7 Å². The molecule has 1 aliphatic carbocycles. The monoisotopic (exact) mass is 444 g/mol. The molecule has 0 spiro atoms. The molecule has 0 saturated heterocycles. The molecular formula is C24H32N2O4S. The van der Waals surface area contributed by atoms with Crippen LogP contribution in [0.3, 0.4) is 0 Å². The van der Waals surface area contributed by atoms with Crippen LogP contribution in [0, 0.1) is 6.92 Å². The van der Waals surface area contributed by atoms with Crippen molar-refractivity contribution in [1.82, 2.24) is 4.31 Å². The number of rotatable bonds is 8. The molecule has 1 fully saturated rings. The summed E-state index contributed by atoms with van der Waals surface area (Å²) in [4.78, 5) is 12.9. The largest absolute Gasteiger partial charge is 0.481 e. The Bertz CT molecular complexity index is 966. The van der Waals surface area contributed by atoms with Gasteiger partial charge >= 0.3 is 0 Å². The number of hydrogen-bond acceptors (Lipinski definition) is 4. The minimum atomic E-state index is -3.55. The summed E-state index contributed by atoms with van der Waals surface area (Å²) in [6.07, 6.45) is 5.00. The molecule has 0 radical (unpaired) electrons. The second-order valence-corrected chi connectivity index (χ2v) is 10.2. The van der Waals surface area contributed by atoms with Crippen LogP contribution in [0.25, 0.3) is 0 Å². The van der Waals surface area contributed by atoms with Crippen LogP contribution in [-0.2, 0) is 14.8 Å². The lowest BCUT2D eigenvalue weighted by atomic mass is 9.96. The van der Waals surface area contributed by atoms with E-state index in [1.54, 1.807) is 31.3 Å². The summed E-state index contributed by atoms with van der Waals surface area (Å²) in [7, 11) is -1.89. The van der Waals surface area contributed by atoms with Crippen LogP contribution in [0.15, 0.2) is 53.4 Å². The van der Waals surface area contributed by atoms with Gasteiger partial charge in [0, 0.05) is 18.8 Å². The fraction of sp³-hybridized carbons (Fsp3) is 0.458. The summed E-state index contributed by atoms with van der Waals surface area (Å²) in [5.74, 6) is 0.373. The Morgan fingerprint density at radius 2 is 1.68 bits per heavy atom. The molecule has 0 aromatic heterocycles. The van der Waals surface area contributed by atoms with Gasteiger partial charge in [-0.3, -0.25) is 4.79 Å². The molecule has 2 aromatic carbocycles. The molecule has 3 rings (SSSR count). The van der Waals surface area contributed by atoms with Gasteiger partial charge in [0.05, 0.1) is 4.90 Å². The standard InChI is InChI=1S/C24H32N2O4S/c1-4-23(30-21-14-10-18(2)11-15-21)24(27)25-19-12-16-22(17-13-19)31(28,29)26(3)20-8-6-5-7-9-20/h10-17,20,23H,4-9H2,1-3H3,(H,25,27). The van der Waals surface area contributed by atoms with Crippen molar-refractivity contribution in [2.75, 3.05) is 12.4 Å². The van der Waals surface area contributed by atoms with Gasteiger partial charge in [0.25, 0.3) is 5.91 Å². The Hall–Kier alpha value is -2.38. The second-order valence-electron chi connectivity index (χ2n) is 8.15. The van der Waals surface area contributed by atoms with Crippen molar-refractivity contribution >= 4 is 21.6 Å². The van der Waals surface area contributed by atoms with Crippen molar-refractivity contribution in [1.29, 1.82) is 0 Å². The molecule has 31 heavy (non-hydrogen) atoms. The SMILES string of the molecule is CCC(Oc1ccc(C)cc1)C(=O)Nc1ccc(S(=O)(=O)N(C)C2CCCCC2)cc1. The predicted octanol–water partition coefficient (Wildman–Crippen LogP) is 4.74. The van der Waals surface area contributed by atoms with Crippen LogP contribution in [-0.4, -0.2) is 37.8 Å². The van der Waals surface area contributed by atoms with Gasteiger partial charge in [0.15, 0.2) is 6.10 Å². The fourth-order valence-electron chi connectivity index (χ4n) is 3.84. The van der Waals surface area contributed by atoms with Crippen molar-refractivity contribution in [2.24, 2.45) is 0 Å². The number of nitrogens with one attached hydrogen (secondary N) is 1. The highest BCUT2D eigenvalue weighted by Gasteiger charge is 2.29. The Labute approximate surface area is 185 Å². The summed E-state index contributed by atoms with van der Waals surface area (Å²) < 4.78 is 33.2. The first-order valence-corrected chi connectivity index (χ1v) is 12.4. The minimum absolute atomic E-state index is 0.0577. The first-order valence-electron chi connectivity index (χ1n) is 10.9. The van der Waals surface area contributed by atoms with Crippen LogP contribution in [0.1, 0.15) is 51.0 Å². The van der Waals surface area contributed by atoms with E-state index in [4.69, 9.17) is 4.74 Å². The van der Waals surface area contributed by atoms with Crippen LogP contribution >= 0.6 is 0 Å². The van der Waals surface area contributed by atoms with Gasteiger partial charge in [-0.2, -0.15) is 4.31 Å². The highest BCUT2D eigenvalue weighted by atomic mass is 32.2. The number of hydrogen-bond donors (Lipinski definition) is 1. The molecule has 2 aromatic rings. The van der Waals surface area contributed by atoms with Gasteiger partial charge in [-0.15, -0.1) is 0 Å². The highest BCUT2D eigenvalue weighted by Crippen LogP contribution is 2.27. The average molecular weight is 445 g/mol. The van der Waals surface area contributed by atoms with E-state index in [1.807, 2.05) is 38.1 Å². The molecule has 1 saturated carbocycles. The second kappa shape index (κ2) is 10.3. The molecule has 168 valence electrons. The third-order valence-corrected chi connectivity index (χ3v) is 7.77. The van der Waals surface area contributed by atoms with E-state index in [0.29, 0.717) is 17.9 Å². The van der Waals surface area contributed by atoms with Crippen LogP contribution in [0.5, 0.6) is 5.75 Å². The Kier molecular flexibility index (Phi) is 7.73. The van der Waals surface area contributed by atoms with Crippen molar-refractivity contribution in [2.45, 2.75) is 69.4 Å². The first kappa shape index (κ1) is 23.3. The normalized spacial score (nSPS) is 16.1. The maximum Gasteiger partial charge on any atom is 0.265 e. The molecule has 1 aliphatic rings. The average Bonchev–Trinajstić information content (AvgIpc) is 2.79. The number of aryl methyl sites for hydroxylation is 1. The topological polar surface area (TPSA) is 75.7 Å². The summed E-state index contributed by atoms with van der Waals surface area (Å²) in [5, 5.41) is 2.82. The van der Waals surface area contributed by atoms with Crippen molar-refractivity contribution < 1.29 is 17.9 Å². The first-order chi connectivity index (χ1) is 14.8. The van der Waals surface area contributed by atoms with E-state index in [-0.39, 0.29) is 16.8 Å². The molecular weight excluding hydrogens is 412 g/mol. The molecule has 7 heteroatoms. The third kappa shape index (κ3) is 5.86. The van der Waals surface area contributed by atoms with Crippen molar-refractivity contribution in [3.63, 3.8) is 0 Å². The number of nitrogens with zero attached hydrogens (tertiary/aromatic N) is 1. The fourth-order valence-corrected chi connectivity index (χ4v) is 5.26. The van der Waals surface area contributed by atoms with E-state index in [9.17, 15) is 13.2 Å². The molecule has 6 nitrogen and oxygen atoms in total. The quantitative estimate of drug-likeness (QED) is 0.638. The molecule has 1 N–H and O–H groups in total. The molecule has 0 aliphatic heterocycles. The van der Waals surface area contributed by atoms with Gasteiger partial charge in [0.1, 0.15) is 5.75 Å². The van der Waals surface area contributed by atoms with Gasteiger partial charge in [-0.05, 0) is 62.6 Å². The molecule has 0 bridgehead atoms. The van der Waals surface area contributed by atoms with Gasteiger partial charge in [-0.1, -0.05) is 43.9 Å². The van der Waals surface area contributed by atoms with E-state index >= 15 is 0 Å². The molecule has 1 atom stereocenters. The van der Waals surface area contributed by atoms with Crippen LogP contribution < -0.4 is 10.1 Å². The van der Waals surface area contributed by atoms with E-state index in [2.05, 4.69) is 5.32 Å². The Balaban J connectivity index is 1.64. The molecule has 1 amide bonds. The van der Waals surface area contributed by atoms with Crippen molar-refractivity contribution in [3.8, 4) is 5.75 Å². The number of ether oxygens (including phenoxy) is 1. The Morgan fingerprint density at radius 3 is 2.26 bits per heavy atom. The molecule has 0 heterocycles. The number of amides is 1. The predicted molar refractivity (Wildman–Crippen MR) is 123 cm³/mol. The number of carbonyl (C=O) groups excluding carboxylic acids is 1. The minimum Gasteiger partial charge on any atom is -0.481 e. The van der Waals surface area contributed by atoms with Crippen LogP contribution in [0.4, 0.5) is 5.69 Å². The van der Waals surface area contributed by atoms with E-state index in [0.717, 1.165) is 31.2 Å². The zero-order valence-corrected chi connectivity index (χ0v) is 19.3. The summed E-state index contributed by atoms with van der Waals surface area (Å²) in [6.45, 7) is 3.87. The summed E-state index contributed by atoms with van der Waals surface area (Å²) in [6, 6.07) is 13.9. The summed E-state index contributed by atoms with van der Waals surface area (Å²) >= 11 is 0.